The van der Waals surface area contributed by atoms with E-state index in [4.69, 9.17) is 4.74 Å². The predicted molar refractivity (Wildman–Crippen MR) is 73.7 cm³/mol. The summed E-state index contributed by atoms with van der Waals surface area (Å²) in [6.07, 6.45) is 2.52. The Labute approximate surface area is 110 Å². The summed E-state index contributed by atoms with van der Waals surface area (Å²) in [7, 11) is 0. The van der Waals surface area contributed by atoms with Crippen LogP contribution in [0, 0.1) is 12.8 Å². The highest BCUT2D eigenvalue weighted by Gasteiger charge is 2.12. The predicted octanol–water partition coefficient (Wildman–Crippen LogP) is 2.93. The number of piperidine rings is 1. The first-order valence-corrected chi connectivity index (χ1v) is 6.19. The molecule has 1 aliphatic rings. The van der Waals surface area contributed by atoms with Crippen LogP contribution in [0.4, 0.5) is 0 Å². The lowest BCUT2D eigenvalue weighted by Gasteiger charge is -2.22. The number of halogens is 1. The fraction of sp³-hybridized carbons (Fsp3) is 0.571. The maximum absolute atomic E-state index is 5.81. The highest BCUT2D eigenvalue weighted by atomic mass is 35.5. The number of hydrogen-bond donors (Lipinski definition) is 1. The van der Waals surface area contributed by atoms with Crippen LogP contribution < -0.4 is 5.32 Å². The van der Waals surface area contributed by atoms with Gasteiger partial charge in [-0.3, -0.25) is 0 Å². The highest BCUT2D eigenvalue weighted by molar-refractivity contribution is 5.85. The first kappa shape index (κ1) is 14.5. The lowest BCUT2D eigenvalue weighted by atomic mass is 9.99. The van der Waals surface area contributed by atoms with E-state index in [1.165, 1.54) is 24.0 Å². The summed E-state index contributed by atoms with van der Waals surface area (Å²) in [4.78, 5) is 0. The second-order valence-electron chi connectivity index (χ2n) is 4.63. The van der Waals surface area contributed by atoms with E-state index in [0.29, 0.717) is 0 Å². The second-order valence-corrected chi connectivity index (χ2v) is 4.63. The monoisotopic (exact) mass is 255 g/mol. The molecule has 0 saturated carbocycles. The SMILES string of the molecule is Cc1ccccc1COCC1CCNCC1.Cl. The topological polar surface area (TPSA) is 21.3 Å². The molecule has 1 aromatic carbocycles. The zero-order valence-corrected chi connectivity index (χ0v) is 11.3. The molecular weight excluding hydrogens is 234 g/mol. The number of ether oxygens (including phenoxy) is 1. The van der Waals surface area contributed by atoms with Crippen molar-refractivity contribution in [1.82, 2.24) is 5.32 Å². The fourth-order valence-electron chi connectivity index (χ4n) is 2.16. The molecule has 0 radical (unpaired) electrons. The van der Waals surface area contributed by atoms with E-state index >= 15 is 0 Å². The molecule has 96 valence electrons. The average molecular weight is 256 g/mol. The smallest absolute Gasteiger partial charge is 0.0719 e. The van der Waals surface area contributed by atoms with Gasteiger partial charge in [0.25, 0.3) is 0 Å². The standard InChI is InChI=1S/C14H21NO.ClH/c1-12-4-2-3-5-14(12)11-16-10-13-6-8-15-9-7-13;/h2-5,13,15H,6-11H2,1H3;1H. The zero-order chi connectivity index (χ0) is 11.2. The van der Waals surface area contributed by atoms with Crippen molar-refractivity contribution < 1.29 is 4.74 Å². The van der Waals surface area contributed by atoms with Crippen molar-refractivity contribution in [3.8, 4) is 0 Å². The van der Waals surface area contributed by atoms with Gasteiger partial charge in [-0.15, -0.1) is 12.4 Å². The summed E-state index contributed by atoms with van der Waals surface area (Å²) >= 11 is 0. The van der Waals surface area contributed by atoms with E-state index in [0.717, 1.165) is 32.2 Å². The van der Waals surface area contributed by atoms with E-state index in [9.17, 15) is 0 Å². The molecule has 1 fully saturated rings. The van der Waals surface area contributed by atoms with Gasteiger partial charge in [0, 0.05) is 6.61 Å². The van der Waals surface area contributed by atoms with Crippen LogP contribution in [0.3, 0.4) is 0 Å². The normalized spacial score (nSPS) is 16.5. The van der Waals surface area contributed by atoms with E-state index in [2.05, 4.69) is 36.5 Å². The van der Waals surface area contributed by atoms with Crippen LogP contribution in [0.15, 0.2) is 24.3 Å². The molecule has 0 aliphatic carbocycles. The third-order valence-corrected chi connectivity index (χ3v) is 3.33. The molecule has 2 rings (SSSR count). The minimum Gasteiger partial charge on any atom is -0.376 e. The number of nitrogens with one attached hydrogen (secondary N) is 1. The van der Waals surface area contributed by atoms with Gasteiger partial charge in [0.2, 0.25) is 0 Å². The molecule has 3 heteroatoms. The van der Waals surface area contributed by atoms with Gasteiger partial charge < -0.3 is 10.1 Å². The molecule has 1 N–H and O–H groups in total. The largest absolute Gasteiger partial charge is 0.376 e. The third kappa shape index (κ3) is 4.66. The van der Waals surface area contributed by atoms with Crippen molar-refractivity contribution in [3.63, 3.8) is 0 Å². The van der Waals surface area contributed by atoms with Crippen LogP contribution in [-0.4, -0.2) is 19.7 Å². The van der Waals surface area contributed by atoms with E-state index in [-0.39, 0.29) is 12.4 Å². The maximum atomic E-state index is 5.81. The first-order chi connectivity index (χ1) is 7.86. The van der Waals surface area contributed by atoms with Crippen LogP contribution in [-0.2, 0) is 11.3 Å². The summed E-state index contributed by atoms with van der Waals surface area (Å²) in [5, 5.41) is 3.38. The van der Waals surface area contributed by atoms with Crippen LogP contribution in [0.25, 0.3) is 0 Å². The number of hydrogen-bond acceptors (Lipinski definition) is 2. The minimum atomic E-state index is 0. The Kier molecular flexibility index (Phi) is 6.56. The number of rotatable bonds is 4. The Bertz CT molecular complexity index is 324. The van der Waals surface area contributed by atoms with Crippen LogP contribution >= 0.6 is 12.4 Å². The molecule has 0 bridgehead atoms. The van der Waals surface area contributed by atoms with Crippen molar-refractivity contribution in [2.45, 2.75) is 26.4 Å². The van der Waals surface area contributed by atoms with Gasteiger partial charge >= 0.3 is 0 Å². The Morgan fingerprint density at radius 3 is 2.65 bits per heavy atom. The Morgan fingerprint density at radius 1 is 1.24 bits per heavy atom. The molecule has 0 unspecified atom stereocenters. The third-order valence-electron chi connectivity index (χ3n) is 3.33. The molecule has 0 atom stereocenters. The maximum Gasteiger partial charge on any atom is 0.0719 e. The Balaban J connectivity index is 0.00000144. The molecule has 1 heterocycles. The van der Waals surface area contributed by atoms with Gasteiger partial charge in [-0.05, 0) is 49.9 Å². The van der Waals surface area contributed by atoms with Gasteiger partial charge in [-0.25, -0.2) is 0 Å². The molecule has 1 aliphatic heterocycles. The van der Waals surface area contributed by atoms with Crippen LogP contribution in [0.5, 0.6) is 0 Å². The summed E-state index contributed by atoms with van der Waals surface area (Å²) < 4.78 is 5.81. The van der Waals surface area contributed by atoms with Crippen LogP contribution in [0.1, 0.15) is 24.0 Å². The van der Waals surface area contributed by atoms with Gasteiger partial charge in [0.05, 0.1) is 6.61 Å². The quantitative estimate of drug-likeness (QED) is 0.893. The minimum absolute atomic E-state index is 0. The number of benzene rings is 1. The Morgan fingerprint density at radius 2 is 1.94 bits per heavy atom. The van der Waals surface area contributed by atoms with E-state index in [1.807, 2.05) is 0 Å². The summed E-state index contributed by atoms with van der Waals surface area (Å²) in [6.45, 7) is 6.12. The fourth-order valence-corrected chi connectivity index (χ4v) is 2.16. The summed E-state index contributed by atoms with van der Waals surface area (Å²) in [5.74, 6) is 0.755. The highest BCUT2D eigenvalue weighted by Crippen LogP contribution is 2.14. The summed E-state index contributed by atoms with van der Waals surface area (Å²) in [5.41, 5.74) is 2.64. The van der Waals surface area contributed by atoms with Gasteiger partial charge in [-0.1, -0.05) is 24.3 Å². The van der Waals surface area contributed by atoms with Gasteiger partial charge in [-0.2, -0.15) is 0 Å². The van der Waals surface area contributed by atoms with Crippen LogP contribution in [0.2, 0.25) is 0 Å². The van der Waals surface area contributed by atoms with Crippen molar-refractivity contribution in [3.05, 3.63) is 35.4 Å². The lowest BCUT2D eigenvalue weighted by Crippen LogP contribution is -2.29. The first-order valence-electron chi connectivity index (χ1n) is 6.19. The molecule has 1 saturated heterocycles. The average Bonchev–Trinajstić information content (AvgIpc) is 2.33. The van der Waals surface area contributed by atoms with Gasteiger partial charge in [0.15, 0.2) is 0 Å². The molecule has 0 amide bonds. The van der Waals surface area contributed by atoms with Gasteiger partial charge in [0.1, 0.15) is 0 Å². The van der Waals surface area contributed by atoms with Crippen molar-refractivity contribution in [2.24, 2.45) is 5.92 Å². The molecule has 0 spiro atoms. The molecule has 0 aromatic heterocycles. The van der Waals surface area contributed by atoms with Crippen molar-refractivity contribution >= 4 is 12.4 Å². The zero-order valence-electron chi connectivity index (χ0n) is 10.4. The van der Waals surface area contributed by atoms with Crippen molar-refractivity contribution in [1.29, 1.82) is 0 Å². The number of aryl methyl sites for hydroxylation is 1. The molecule has 17 heavy (non-hydrogen) atoms. The molecular formula is C14H22ClNO. The molecule has 1 aromatic rings. The second kappa shape index (κ2) is 7.70. The molecule has 2 nitrogen and oxygen atoms in total. The summed E-state index contributed by atoms with van der Waals surface area (Å²) in [6, 6.07) is 8.45. The van der Waals surface area contributed by atoms with E-state index in [1.54, 1.807) is 0 Å². The Hall–Kier alpha value is -0.570. The lowest BCUT2D eigenvalue weighted by molar-refractivity contribution is 0.0761. The van der Waals surface area contributed by atoms with E-state index < -0.39 is 0 Å². The van der Waals surface area contributed by atoms with Crippen molar-refractivity contribution in [2.75, 3.05) is 19.7 Å².